The van der Waals surface area contributed by atoms with Gasteiger partial charge in [0, 0.05) is 24.7 Å². The van der Waals surface area contributed by atoms with Gasteiger partial charge in [-0.25, -0.2) is 9.78 Å². The molecule has 0 bridgehead atoms. The molecule has 1 aromatic heterocycles. The van der Waals surface area contributed by atoms with E-state index < -0.39 is 11.4 Å². The van der Waals surface area contributed by atoms with Crippen LogP contribution in [-0.2, 0) is 4.79 Å². The molecule has 1 aliphatic heterocycles. The summed E-state index contributed by atoms with van der Waals surface area (Å²) in [5.74, 6) is -0.813. The zero-order valence-electron chi connectivity index (χ0n) is 12.3. The van der Waals surface area contributed by atoms with Gasteiger partial charge in [0.1, 0.15) is 5.01 Å². The van der Waals surface area contributed by atoms with Gasteiger partial charge in [-0.05, 0) is 19.3 Å². The second kappa shape index (κ2) is 6.43. The first-order valence-corrected chi connectivity index (χ1v) is 8.08. The summed E-state index contributed by atoms with van der Waals surface area (Å²) in [4.78, 5) is 29.6. The number of carbonyl (C=O) groups excluding carboxylic acids is 1. The van der Waals surface area contributed by atoms with Crippen LogP contribution < -0.4 is 5.32 Å². The van der Waals surface area contributed by atoms with Gasteiger partial charge in [-0.15, -0.1) is 11.3 Å². The first kappa shape index (κ1) is 15.8. The number of urea groups is 1. The fourth-order valence-corrected chi connectivity index (χ4v) is 3.42. The van der Waals surface area contributed by atoms with Crippen LogP contribution in [0.1, 0.15) is 44.2 Å². The molecule has 2 atom stereocenters. The molecule has 6 nitrogen and oxygen atoms in total. The fraction of sp³-hybridized carbons (Fsp3) is 0.643. The molecule has 2 amide bonds. The summed E-state index contributed by atoms with van der Waals surface area (Å²) < 4.78 is 0. The Kier molecular flexibility index (Phi) is 4.82. The summed E-state index contributed by atoms with van der Waals surface area (Å²) in [5, 5.41) is 15.1. The summed E-state index contributed by atoms with van der Waals surface area (Å²) in [5.41, 5.74) is -0.791. The quantitative estimate of drug-likeness (QED) is 0.875. The Hall–Kier alpha value is -1.63. The van der Waals surface area contributed by atoms with E-state index in [2.05, 4.69) is 10.3 Å². The van der Waals surface area contributed by atoms with Crippen molar-refractivity contribution in [2.24, 2.45) is 5.41 Å². The normalized spacial score (nSPS) is 23.0. The lowest BCUT2D eigenvalue weighted by atomic mass is 9.84. The van der Waals surface area contributed by atoms with Gasteiger partial charge in [-0.3, -0.25) is 4.79 Å². The average molecular weight is 311 g/mol. The van der Waals surface area contributed by atoms with Gasteiger partial charge in [-0.1, -0.05) is 13.8 Å². The third-order valence-electron chi connectivity index (χ3n) is 4.23. The maximum atomic E-state index is 12.3. The van der Waals surface area contributed by atoms with Gasteiger partial charge in [0.05, 0.1) is 11.5 Å². The third kappa shape index (κ3) is 3.18. The van der Waals surface area contributed by atoms with Crippen LogP contribution in [0, 0.1) is 5.41 Å². The predicted molar refractivity (Wildman–Crippen MR) is 80.2 cm³/mol. The number of likely N-dealkylation sites (tertiary alicyclic amines) is 1. The van der Waals surface area contributed by atoms with Gasteiger partial charge in [0.25, 0.3) is 0 Å². The van der Waals surface area contributed by atoms with Crippen LogP contribution in [0.2, 0.25) is 0 Å². The summed E-state index contributed by atoms with van der Waals surface area (Å²) in [6, 6.07) is -0.312. The van der Waals surface area contributed by atoms with E-state index in [0.29, 0.717) is 19.4 Å². The standard InChI is InChI=1S/C14H21N3O3S/c1-3-10(11-15-6-8-21-11)16-13(20)17-7-5-14(4-2,9-17)12(18)19/h6,8,10H,3-5,7,9H2,1-2H3,(H,16,20)(H,18,19). The Morgan fingerprint density at radius 3 is 2.81 bits per heavy atom. The number of aromatic nitrogens is 1. The number of nitrogens with zero attached hydrogens (tertiary/aromatic N) is 2. The number of carboxylic acids is 1. The molecule has 0 aromatic carbocycles. The van der Waals surface area contributed by atoms with Crippen molar-refractivity contribution < 1.29 is 14.7 Å². The zero-order valence-corrected chi connectivity index (χ0v) is 13.2. The molecule has 2 N–H and O–H groups in total. The number of hydrogen-bond donors (Lipinski definition) is 2. The van der Waals surface area contributed by atoms with E-state index in [9.17, 15) is 14.7 Å². The van der Waals surface area contributed by atoms with Crippen LogP contribution in [-0.4, -0.2) is 40.1 Å². The number of thiazole rings is 1. The molecule has 0 saturated carbocycles. The highest BCUT2D eigenvalue weighted by Crippen LogP contribution is 2.34. The lowest BCUT2D eigenvalue weighted by Gasteiger charge is -2.24. The second-order valence-corrected chi connectivity index (χ2v) is 6.32. The van der Waals surface area contributed by atoms with E-state index >= 15 is 0 Å². The molecule has 21 heavy (non-hydrogen) atoms. The molecule has 2 heterocycles. The smallest absolute Gasteiger partial charge is 0.317 e. The van der Waals surface area contributed by atoms with E-state index in [-0.39, 0.29) is 18.6 Å². The first-order valence-electron chi connectivity index (χ1n) is 7.20. The van der Waals surface area contributed by atoms with E-state index in [1.165, 1.54) is 11.3 Å². The van der Waals surface area contributed by atoms with Crippen molar-refractivity contribution in [3.8, 4) is 0 Å². The number of rotatable bonds is 5. The number of carboxylic acid groups (broad SMARTS) is 1. The molecule has 7 heteroatoms. The van der Waals surface area contributed by atoms with E-state index in [4.69, 9.17) is 0 Å². The van der Waals surface area contributed by atoms with Crippen molar-refractivity contribution in [2.45, 2.75) is 39.2 Å². The summed E-state index contributed by atoms with van der Waals surface area (Å²) in [6.45, 7) is 4.61. The minimum absolute atomic E-state index is 0.112. The Bertz CT molecular complexity index is 506. The van der Waals surface area contributed by atoms with Crippen molar-refractivity contribution in [1.82, 2.24) is 15.2 Å². The Morgan fingerprint density at radius 1 is 1.57 bits per heavy atom. The number of amides is 2. The fourth-order valence-electron chi connectivity index (χ4n) is 2.65. The van der Waals surface area contributed by atoms with Crippen LogP contribution >= 0.6 is 11.3 Å². The number of hydrogen-bond acceptors (Lipinski definition) is 4. The lowest BCUT2D eigenvalue weighted by Crippen LogP contribution is -2.42. The van der Waals surface area contributed by atoms with Crippen molar-refractivity contribution in [3.05, 3.63) is 16.6 Å². The molecule has 1 aliphatic rings. The molecular formula is C14H21N3O3S. The minimum Gasteiger partial charge on any atom is -0.481 e. The summed E-state index contributed by atoms with van der Waals surface area (Å²) in [6.07, 6.45) is 3.53. The largest absolute Gasteiger partial charge is 0.481 e. The molecule has 0 radical (unpaired) electrons. The van der Waals surface area contributed by atoms with E-state index in [1.807, 2.05) is 19.2 Å². The molecular weight excluding hydrogens is 290 g/mol. The highest BCUT2D eigenvalue weighted by atomic mass is 32.1. The van der Waals surface area contributed by atoms with E-state index in [0.717, 1.165) is 11.4 Å². The van der Waals surface area contributed by atoms with Crippen molar-refractivity contribution >= 4 is 23.3 Å². The topological polar surface area (TPSA) is 82.5 Å². The van der Waals surface area contributed by atoms with Crippen LogP contribution in [0.4, 0.5) is 4.79 Å². The molecule has 116 valence electrons. The molecule has 2 unspecified atom stereocenters. The van der Waals surface area contributed by atoms with Crippen molar-refractivity contribution in [3.63, 3.8) is 0 Å². The molecule has 1 aromatic rings. The highest BCUT2D eigenvalue weighted by molar-refractivity contribution is 7.09. The number of carbonyl (C=O) groups is 2. The summed E-state index contributed by atoms with van der Waals surface area (Å²) in [7, 11) is 0. The van der Waals surface area contributed by atoms with Crippen LogP contribution in [0.3, 0.4) is 0 Å². The number of aliphatic carboxylic acids is 1. The zero-order chi connectivity index (χ0) is 15.5. The van der Waals surface area contributed by atoms with Crippen molar-refractivity contribution in [1.29, 1.82) is 0 Å². The minimum atomic E-state index is -0.813. The monoisotopic (exact) mass is 311 g/mol. The Balaban J connectivity index is 2.00. The maximum absolute atomic E-state index is 12.3. The van der Waals surface area contributed by atoms with Gasteiger partial charge in [0.2, 0.25) is 0 Å². The predicted octanol–water partition coefficient (Wildman–Crippen LogP) is 2.49. The van der Waals surface area contributed by atoms with Gasteiger partial charge >= 0.3 is 12.0 Å². The molecule has 2 rings (SSSR count). The molecule has 0 spiro atoms. The maximum Gasteiger partial charge on any atom is 0.317 e. The molecule has 1 fully saturated rings. The Morgan fingerprint density at radius 2 is 2.33 bits per heavy atom. The third-order valence-corrected chi connectivity index (χ3v) is 5.12. The number of nitrogens with one attached hydrogen (secondary N) is 1. The first-order chi connectivity index (χ1) is 10.0. The van der Waals surface area contributed by atoms with Crippen LogP contribution in [0.15, 0.2) is 11.6 Å². The molecule has 0 aliphatic carbocycles. The van der Waals surface area contributed by atoms with Crippen LogP contribution in [0.5, 0.6) is 0 Å². The second-order valence-electron chi connectivity index (χ2n) is 5.39. The van der Waals surface area contributed by atoms with Gasteiger partial charge < -0.3 is 15.3 Å². The van der Waals surface area contributed by atoms with Gasteiger partial charge in [0.15, 0.2) is 0 Å². The van der Waals surface area contributed by atoms with E-state index in [1.54, 1.807) is 11.1 Å². The van der Waals surface area contributed by atoms with Crippen molar-refractivity contribution in [2.75, 3.05) is 13.1 Å². The van der Waals surface area contributed by atoms with Gasteiger partial charge in [-0.2, -0.15) is 0 Å². The Labute approximate surface area is 128 Å². The SMILES string of the molecule is CCC(NC(=O)N1CCC(CC)(C(=O)O)C1)c1nccs1. The molecule has 1 saturated heterocycles. The summed E-state index contributed by atoms with van der Waals surface area (Å²) >= 11 is 1.51. The average Bonchev–Trinajstić information content (AvgIpc) is 3.14. The highest BCUT2D eigenvalue weighted by Gasteiger charge is 2.45. The lowest BCUT2D eigenvalue weighted by molar-refractivity contribution is -0.148. The van der Waals surface area contributed by atoms with Crippen LogP contribution in [0.25, 0.3) is 0 Å².